The van der Waals surface area contributed by atoms with E-state index < -0.39 is 0 Å². The third-order valence-electron chi connectivity index (χ3n) is 3.44. The molecule has 5 nitrogen and oxygen atoms in total. The summed E-state index contributed by atoms with van der Waals surface area (Å²) in [5.74, 6) is 1.50. The molecule has 0 fully saturated rings. The molecule has 0 aliphatic carbocycles. The minimum atomic E-state index is 0.101. The first-order valence-electron chi connectivity index (χ1n) is 7.51. The zero-order valence-corrected chi connectivity index (χ0v) is 13.8. The molecule has 0 bridgehead atoms. The molecule has 122 valence electrons. The number of hydrogen-bond donors (Lipinski definition) is 0. The monoisotopic (exact) mass is 342 g/mol. The second-order valence-corrected chi connectivity index (χ2v) is 5.49. The summed E-state index contributed by atoms with van der Waals surface area (Å²) in [5, 5.41) is 4.43. The molecular formula is C18H15ClN2O3. The summed E-state index contributed by atoms with van der Waals surface area (Å²) < 4.78 is 10.8. The molecular weight excluding hydrogens is 328 g/mol. The zero-order chi connectivity index (χ0) is 16.9. The van der Waals surface area contributed by atoms with Crippen molar-refractivity contribution < 1.29 is 14.1 Å². The Bertz CT molecular complexity index is 843. The van der Waals surface area contributed by atoms with Crippen LogP contribution in [0.1, 0.15) is 29.5 Å². The molecule has 0 atom stereocenters. The summed E-state index contributed by atoms with van der Waals surface area (Å²) in [6.45, 7) is 1.99. The maximum Gasteiger partial charge on any atom is 0.259 e. The van der Waals surface area contributed by atoms with E-state index in [0.29, 0.717) is 40.0 Å². The second kappa shape index (κ2) is 7.27. The Hall–Kier alpha value is -2.66. The van der Waals surface area contributed by atoms with E-state index in [0.717, 1.165) is 0 Å². The van der Waals surface area contributed by atoms with Crippen molar-refractivity contribution in [1.82, 2.24) is 10.1 Å². The Morgan fingerprint density at radius 2 is 1.92 bits per heavy atom. The van der Waals surface area contributed by atoms with Crippen molar-refractivity contribution >= 4 is 17.4 Å². The number of carbonyl (C=O) groups is 1. The molecule has 3 aromatic rings. The van der Waals surface area contributed by atoms with Gasteiger partial charge in [0.2, 0.25) is 5.82 Å². The smallest absolute Gasteiger partial charge is 0.259 e. The van der Waals surface area contributed by atoms with Crippen LogP contribution in [0.5, 0.6) is 5.75 Å². The maximum atomic E-state index is 11.6. The van der Waals surface area contributed by atoms with E-state index in [4.69, 9.17) is 20.9 Å². The van der Waals surface area contributed by atoms with Gasteiger partial charge in [0.05, 0.1) is 10.6 Å². The highest BCUT2D eigenvalue weighted by molar-refractivity contribution is 6.33. The van der Waals surface area contributed by atoms with Crippen LogP contribution < -0.4 is 4.74 Å². The normalized spacial score (nSPS) is 10.6. The van der Waals surface area contributed by atoms with Gasteiger partial charge in [-0.1, -0.05) is 35.8 Å². The van der Waals surface area contributed by atoms with Crippen molar-refractivity contribution in [1.29, 1.82) is 0 Å². The third kappa shape index (κ3) is 3.63. The Balaban J connectivity index is 1.65. The predicted octanol–water partition coefficient (Wildman–Crippen LogP) is 4.56. The van der Waals surface area contributed by atoms with Crippen LogP contribution in [0.4, 0.5) is 0 Å². The van der Waals surface area contributed by atoms with Gasteiger partial charge < -0.3 is 9.26 Å². The summed E-state index contributed by atoms with van der Waals surface area (Å²) in [4.78, 5) is 15.9. The van der Waals surface area contributed by atoms with Crippen LogP contribution in [0.2, 0.25) is 5.02 Å². The molecule has 1 heterocycles. The van der Waals surface area contributed by atoms with Crippen LogP contribution in [0, 0.1) is 0 Å². The molecule has 0 amide bonds. The quantitative estimate of drug-likeness (QED) is 0.614. The zero-order valence-electron chi connectivity index (χ0n) is 13.0. The number of halogens is 1. The standard InChI is InChI=1S/C18H15ClN2O3/c1-2-16(22)12-7-9-13(10-8-12)23-11-17-20-18(24-21-17)14-5-3-4-6-15(14)19/h3-10H,2,11H2,1H3. The highest BCUT2D eigenvalue weighted by atomic mass is 35.5. The third-order valence-corrected chi connectivity index (χ3v) is 3.77. The van der Waals surface area contributed by atoms with E-state index in [2.05, 4.69) is 10.1 Å². The SMILES string of the molecule is CCC(=O)c1ccc(OCc2noc(-c3ccccc3Cl)n2)cc1. The lowest BCUT2D eigenvalue weighted by Crippen LogP contribution is -1.99. The van der Waals surface area contributed by atoms with Gasteiger partial charge in [0.25, 0.3) is 5.89 Å². The molecule has 1 aromatic heterocycles. The average Bonchev–Trinajstić information content (AvgIpc) is 3.09. The van der Waals surface area contributed by atoms with Crippen LogP contribution in [0.3, 0.4) is 0 Å². The number of aromatic nitrogens is 2. The first-order valence-corrected chi connectivity index (χ1v) is 7.88. The highest BCUT2D eigenvalue weighted by Gasteiger charge is 2.12. The average molecular weight is 343 g/mol. The molecule has 0 saturated carbocycles. The fourth-order valence-electron chi connectivity index (χ4n) is 2.15. The van der Waals surface area contributed by atoms with Crippen LogP contribution in [0.25, 0.3) is 11.5 Å². The number of ketones is 1. The molecule has 24 heavy (non-hydrogen) atoms. The predicted molar refractivity (Wildman–Crippen MR) is 90.1 cm³/mol. The largest absolute Gasteiger partial charge is 0.485 e. The molecule has 2 aromatic carbocycles. The number of Topliss-reactive ketones (excluding diaryl/α,β-unsaturated/α-hetero) is 1. The molecule has 0 aliphatic heterocycles. The lowest BCUT2D eigenvalue weighted by Gasteiger charge is -2.04. The fourth-order valence-corrected chi connectivity index (χ4v) is 2.36. The first kappa shape index (κ1) is 16.2. The molecule has 0 spiro atoms. The number of hydrogen-bond acceptors (Lipinski definition) is 5. The van der Waals surface area contributed by atoms with E-state index in [1.54, 1.807) is 30.3 Å². The molecule has 0 radical (unpaired) electrons. The van der Waals surface area contributed by atoms with Crippen LogP contribution >= 0.6 is 11.6 Å². The lowest BCUT2D eigenvalue weighted by atomic mass is 10.1. The molecule has 0 unspecified atom stereocenters. The Kier molecular flexibility index (Phi) is 4.91. The fraction of sp³-hybridized carbons (Fsp3) is 0.167. The van der Waals surface area contributed by atoms with Gasteiger partial charge in [-0.05, 0) is 36.4 Å². The highest BCUT2D eigenvalue weighted by Crippen LogP contribution is 2.26. The molecule has 0 saturated heterocycles. The Morgan fingerprint density at radius 3 is 2.62 bits per heavy atom. The summed E-state index contributed by atoms with van der Waals surface area (Å²) in [5.41, 5.74) is 1.35. The molecule has 3 rings (SSSR count). The van der Waals surface area contributed by atoms with Crippen molar-refractivity contribution in [3.8, 4) is 17.2 Å². The number of carbonyl (C=O) groups excluding carboxylic acids is 1. The van der Waals surface area contributed by atoms with Gasteiger partial charge in [-0.3, -0.25) is 4.79 Å². The van der Waals surface area contributed by atoms with E-state index in [9.17, 15) is 4.79 Å². The van der Waals surface area contributed by atoms with Gasteiger partial charge in [-0.2, -0.15) is 4.98 Å². The molecule has 6 heteroatoms. The summed E-state index contributed by atoms with van der Waals surface area (Å²) >= 11 is 6.11. The van der Waals surface area contributed by atoms with Crippen molar-refractivity contribution in [3.05, 3.63) is 64.9 Å². The summed E-state index contributed by atoms with van der Waals surface area (Å²) in [6.07, 6.45) is 0.480. The van der Waals surface area contributed by atoms with E-state index in [1.165, 1.54) is 0 Å². The van der Waals surface area contributed by atoms with Crippen LogP contribution in [-0.4, -0.2) is 15.9 Å². The van der Waals surface area contributed by atoms with Crippen molar-refractivity contribution in [3.63, 3.8) is 0 Å². The number of nitrogens with zero attached hydrogens (tertiary/aromatic N) is 2. The summed E-state index contributed by atoms with van der Waals surface area (Å²) in [7, 11) is 0. The van der Waals surface area contributed by atoms with Gasteiger partial charge in [-0.15, -0.1) is 0 Å². The van der Waals surface area contributed by atoms with Crippen LogP contribution in [0.15, 0.2) is 53.1 Å². The minimum Gasteiger partial charge on any atom is -0.485 e. The lowest BCUT2D eigenvalue weighted by molar-refractivity contribution is 0.0988. The number of rotatable bonds is 6. The van der Waals surface area contributed by atoms with Crippen molar-refractivity contribution in [2.24, 2.45) is 0 Å². The van der Waals surface area contributed by atoms with Gasteiger partial charge in [0.1, 0.15) is 5.75 Å². The first-order chi connectivity index (χ1) is 11.7. The van der Waals surface area contributed by atoms with Crippen molar-refractivity contribution in [2.75, 3.05) is 0 Å². The van der Waals surface area contributed by atoms with Crippen molar-refractivity contribution in [2.45, 2.75) is 20.0 Å². The maximum absolute atomic E-state index is 11.6. The number of ether oxygens (including phenoxy) is 1. The van der Waals surface area contributed by atoms with E-state index >= 15 is 0 Å². The Morgan fingerprint density at radius 1 is 1.17 bits per heavy atom. The van der Waals surface area contributed by atoms with Gasteiger partial charge in [0.15, 0.2) is 12.4 Å². The van der Waals surface area contributed by atoms with Gasteiger partial charge in [0, 0.05) is 12.0 Å². The second-order valence-electron chi connectivity index (χ2n) is 5.09. The van der Waals surface area contributed by atoms with Crippen LogP contribution in [-0.2, 0) is 6.61 Å². The number of benzene rings is 2. The molecule has 0 aliphatic rings. The van der Waals surface area contributed by atoms with E-state index in [1.807, 2.05) is 25.1 Å². The van der Waals surface area contributed by atoms with Gasteiger partial charge >= 0.3 is 0 Å². The molecule has 0 N–H and O–H groups in total. The Labute approximate surface area is 144 Å². The van der Waals surface area contributed by atoms with E-state index in [-0.39, 0.29) is 12.4 Å². The topological polar surface area (TPSA) is 65.2 Å². The van der Waals surface area contributed by atoms with Gasteiger partial charge in [-0.25, -0.2) is 0 Å². The minimum absolute atomic E-state index is 0.101. The summed E-state index contributed by atoms with van der Waals surface area (Å²) in [6, 6.07) is 14.2.